The second kappa shape index (κ2) is 5.57. The molecular formula is C18H22N4O. The zero-order valence-corrected chi connectivity index (χ0v) is 14.0. The number of rotatable bonds is 3. The Bertz CT molecular complexity index is 838. The standard InChI is InChI=1S/C18H22N4O/c1-18(2,3)16-10-14(20-21-16)11-22(4)17(23)13-6-5-12-7-8-19-15(12)9-13/h5-10,19H,11H2,1-4H3,(H,20,21). The average molecular weight is 310 g/mol. The van der Waals surface area contributed by atoms with E-state index in [9.17, 15) is 4.79 Å². The molecular weight excluding hydrogens is 288 g/mol. The fourth-order valence-electron chi connectivity index (χ4n) is 2.56. The second-order valence-corrected chi connectivity index (χ2v) is 6.97. The minimum absolute atomic E-state index is 0.00398. The molecule has 1 aromatic carbocycles. The van der Waals surface area contributed by atoms with Gasteiger partial charge in [-0.05, 0) is 29.7 Å². The largest absolute Gasteiger partial charge is 0.361 e. The van der Waals surface area contributed by atoms with Crippen LogP contribution in [0.3, 0.4) is 0 Å². The lowest BCUT2D eigenvalue weighted by Gasteiger charge is -2.16. The van der Waals surface area contributed by atoms with Crippen LogP contribution >= 0.6 is 0 Å². The van der Waals surface area contributed by atoms with E-state index in [2.05, 4.69) is 36.0 Å². The van der Waals surface area contributed by atoms with Gasteiger partial charge in [-0.15, -0.1) is 0 Å². The van der Waals surface area contributed by atoms with Crippen LogP contribution in [-0.2, 0) is 12.0 Å². The normalized spacial score (nSPS) is 11.8. The molecule has 0 aliphatic carbocycles. The lowest BCUT2D eigenvalue weighted by atomic mass is 9.92. The lowest BCUT2D eigenvalue weighted by Crippen LogP contribution is -2.26. The van der Waals surface area contributed by atoms with E-state index < -0.39 is 0 Å². The van der Waals surface area contributed by atoms with E-state index in [4.69, 9.17) is 0 Å². The molecule has 0 unspecified atom stereocenters. The highest BCUT2D eigenvalue weighted by molar-refractivity contribution is 5.97. The van der Waals surface area contributed by atoms with Gasteiger partial charge in [-0.25, -0.2) is 0 Å². The third-order valence-corrected chi connectivity index (χ3v) is 3.96. The van der Waals surface area contributed by atoms with Crippen molar-refractivity contribution in [2.75, 3.05) is 7.05 Å². The van der Waals surface area contributed by atoms with E-state index >= 15 is 0 Å². The number of H-pyrrole nitrogens is 2. The summed E-state index contributed by atoms with van der Waals surface area (Å²) < 4.78 is 0. The first-order valence-corrected chi connectivity index (χ1v) is 7.72. The third kappa shape index (κ3) is 3.13. The summed E-state index contributed by atoms with van der Waals surface area (Å²) in [4.78, 5) is 17.4. The SMILES string of the molecule is CN(Cc1cc(C(C)(C)C)n[nH]1)C(=O)c1ccc2cc[nH]c2c1. The zero-order chi connectivity index (χ0) is 16.6. The third-order valence-electron chi connectivity index (χ3n) is 3.96. The Morgan fingerprint density at radius 2 is 2.00 bits per heavy atom. The highest BCUT2D eigenvalue weighted by Gasteiger charge is 2.19. The Balaban J connectivity index is 1.75. The van der Waals surface area contributed by atoms with Crippen molar-refractivity contribution in [1.29, 1.82) is 0 Å². The summed E-state index contributed by atoms with van der Waals surface area (Å²) in [6, 6.07) is 9.73. The quantitative estimate of drug-likeness (QED) is 0.778. The number of benzene rings is 1. The van der Waals surface area contributed by atoms with E-state index in [0.717, 1.165) is 22.3 Å². The maximum atomic E-state index is 12.6. The molecule has 2 heterocycles. The van der Waals surface area contributed by atoms with Crippen molar-refractivity contribution in [2.24, 2.45) is 0 Å². The number of nitrogens with one attached hydrogen (secondary N) is 2. The summed E-state index contributed by atoms with van der Waals surface area (Å²) >= 11 is 0. The highest BCUT2D eigenvalue weighted by atomic mass is 16.2. The minimum atomic E-state index is -0.00610. The molecule has 1 amide bonds. The van der Waals surface area contributed by atoms with Gasteiger partial charge in [0.15, 0.2) is 0 Å². The fraction of sp³-hybridized carbons (Fsp3) is 0.333. The molecule has 3 aromatic rings. The van der Waals surface area contributed by atoms with E-state index in [1.807, 2.05) is 36.5 Å². The van der Waals surface area contributed by atoms with Crippen molar-refractivity contribution in [3.8, 4) is 0 Å². The zero-order valence-electron chi connectivity index (χ0n) is 14.0. The lowest BCUT2D eigenvalue weighted by molar-refractivity contribution is 0.0783. The first-order valence-electron chi connectivity index (χ1n) is 7.72. The van der Waals surface area contributed by atoms with Gasteiger partial charge >= 0.3 is 0 Å². The van der Waals surface area contributed by atoms with Crippen LogP contribution in [0, 0.1) is 0 Å². The summed E-state index contributed by atoms with van der Waals surface area (Å²) in [5, 5.41) is 8.47. The van der Waals surface area contributed by atoms with Gasteiger partial charge in [0.1, 0.15) is 0 Å². The van der Waals surface area contributed by atoms with Crippen LogP contribution in [0.5, 0.6) is 0 Å². The van der Waals surface area contributed by atoms with Gasteiger partial charge in [0.05, 0.1) is 17.9 Å². The smallest absolute Gasteiger partial charge is 0.254 e. The number of nitrogens with zero attached hydrogens (tertiary/aromatic N) is 2. The summed E-state index contributed by atoms with van der Waals surface area (Å²) in [6.45, 7) is 6.86. The van der Waals surface area contributed by atoms with Gasteiger partial charge in [0.2, 0.25) is 0 Å². The van der Waals surface area contributed by atoms with Crippen LogP contribution in [0.15, 0.2) is 36.5 Å². The molecule has 3 rings (SSSR count). The molecule has 23 heavy (non-hydrogen) atoms. The van der Waals surface area contributed by atoms with Gasteiger partial charge in [-0.3, -0.25) is 9.89 Å². The highest BCUT2D eigenvalue weighted by Crippen LogP contribution is 2.21. The van der Waals surface area contributed by atoms with Crippen LogP contribution in [0.4, 0.5) is 0 Å². The molecule has 5 heteroatoms. The van der Waals surface area contributed by atoms with E-state index in [1.54, 1.807) is 11.9 Å². The molecule has 5 nitrogen and oxygen atoms in total. The predicted molar refractivity (Wildman–Crippen MR) is 91.4 cm³/mol. The molecule has 0 saturated carbocycles. The van der Waals surface area contributed by atoms with Crippen molar-refractivity contribution in [3.63, 3.8) is 0 Å². The summed E-state index contributed by atoms with van der Waals surface area (Å²) in [6.07, 6.45) is 1.88. The fourth-order valence-corrected chi connectivity index (χ4v) is 2.56. The summed E-state index contributed by atoms with van der Waals surface area (Å²) in [5.74, 6) is -0.00610. The van der Waals surface area contributed by atoms with Crippen LogP contribution in [0.25, 0.3) is 10.9 Å². The first kappa shape index (κ1) is 15.3. The van der Waals surface area contributed by atoms with Crippen LogP contribution in [0.1, 0.15) is 42.5 Å². The number of aromatic amines is 2. The van der Waals surface area contributed by atoms with Crippen molar-refractivity contribution < 1.29 is 4.79 Å². The van der Waals surface area contributed by atoms with Gasteiger partial charge in [0, 0.05) is 29.7 Å². The first-order chi connectivity index (χ1) is 10.8. The Hall–Kier alpha value is -2.56. The molecule has 0 saturated heterocycles. The Kier molecular flexibility index (Phi) is 3.72. The van der Waals surface area contributed by atoms with Crippen LogP contribution in [-0.4, -0.2) is 33.0 Å². The van der Waals surface area contributed by atoms with Crippen LogP contribution in [0.2, 0.25) is 0 Å². The maximum Gasteiger partial charge on any atom is 0.254 e. The van der Waals surface area contributed by atoms with Crippen molar-refractivity contribution in [1.82, 2.24) is 20.1 Å². The Labute approximate surface area is 135 Å². The van der Waals surface area contributed by atoms with Gasteiger partial charge < -0.3 is 9.88 Å². The number of aromatic nitrogens is 3. The van der Waals surface area contributed by atoms with E-state index in [1.165, 1.54) is 0 Å². The van der Waals surface area contributed by atoms with E-state index in [-0.39, 0.29) is 11.3 Å². The maximum absolute atomic E-state index is 12.6. The van der Waals surface area contributed by atoms with Crippen molar-refractivity contribution >= 4 is 16.8 Å². The topological polar surface area (TPSA) is 64.8 Å². The summed E-state index contributed by atoms with van der Waals surface area (Å²) in [7, 11) is 1.80. The molecule has 120 valence electrons. The Morgan fingerprint density at radius 3 is 2.70 bits per heavy atom. The molecule has 0 atom stereocenters. The Morgan fingerprint density at radius 1 is 1.22 bits per heavy atom. The molecule has 0 spiro atoms. The number of hydrogen-bond acceptors (Lipinski definition) is 2. The van der Waals surface area contributed by atoms with Gasteiger partial charge in [0.25, 0.3) is 5.91 Å². The number of amides is 1. The molecule has 2 N–H and O–H groups in total. The minimum Gasteiger partial charge on any atom is -0.361 e. The molecule has 0 radical (unpaired) electrons. The van der Waals surface area contributed by atoms with E-state index in [0.29, 0.717) is 12.1 Å². The monoisotopic (exact) mass is 310 g/mol. The number of hydrogen-bond donors (Lipinski definition) is 2. The number of carbonyl (C=O) groups excluding carboxylic acids is 1. The second-order valence-electron chi connectivity index (χ2n) is 6.97. The molecule has 2 aromatic heterocycles. The van der Waals surface area contributed by atoms with Crippen molar-refractivity contribution in [3.05, 3.63) is 53.5 Å². The van der Waals surface area contributed by atoms with Gasteiger partial charge in [-0.1, -0.05) is 26.8 Å². The average Bonchev–Trinajstić information content (AvgIpc) is 3.13. The van der Waals surface area contributed by atoms with Gasteiger partial charge in [-0.2, -0.15) is 5.10 Å². The summed E-state index contributed by atoms with van der Waals surface area (Å²) in [5.41, 5.74) is 3.59. The molecule has 0 bridgehead atoms. The molecule has 0 aliphatic heterocycles. The molecule has 0 aliphatic rings. The number of carbonyl (C=O) groups is 1. The number of fused-ring (bicyclic) bond motifs is 1. The van der Waals surface area contributed by atoms with Crippen LogP contribution < -0.4 is 0 Å². The predicted octanol–water partition coefficient (Wildman–Crippen LogP) is 3.46. The molecule has 0 fully saturated rings. The van der Waals surface area contributed by atoms with Crippen molar-refractivity contribution in [2.45, 2.75) is 32.7 Å².